The lowest BCUT2D eigenvalue weighted by Gasteiger charge is -2.24. The summed E-state index contributed by atoms with van der Waals surface area (Å²) in [6, 6.07) is 31.1. The summed E-state index contributed by atoms with van der Waals surface area (Å²) >= 11 is 0. The van der Waals surface area contributed by atoms with Crippen molar-refractivity contribution in [3.63, 3.8) is 0 Å². The van der Waals surface area contributed by atoms with Crippen molar-refractivity contribution in [3.8, 4) is 5.75 Å². The molecule has 54 heavy (non-hydrogen) atoms. The van der Waals surface area contributed by atoms with E-state index in [9.17, 15) is 24.3 Å². The van der Waals surface area contributed by atoms with E-state index in [0.717, 1.165) is 16.7 Å². The Labute approximate surface area is 313 Å². The highest BCUT2D eigenvalue weighted by Crippen LogP contribution is 2.16. The predicted octanol–water partition coefficient (Wildman–Crippen LogP) is 4.35. The first kappa shape index (κ1) is 38.8. The maximum absolute atomic E-state index is 13.9. The highest BCUT2D eigenvalue weighted by Gasteiger charge is 2.31. The minimum atomic E-state index is -1.41. The van der Waals surface area contributed by atoms with Gasteiger partial charge in [-0.3, -0.25) is 9.59 Å². The first-order valence-corrected chi connectivity index (χ1v) is 17.4. The minimum Gasteiger partial charge on any atom is -0.489 e. The van der Waals surface area contributed by atoms with Gasteiger partial charge in [-0.25, -0.2) is 14.6 Å². The number of nitrogens with zero attached hydrogens (tertiary/aromatic N) is 2. The summed E-state index contributed by atoms with van der Waals surface area (Å²) in [6.45, 7) is 0.161. The zero-order valence-corrected chi connectivity index (χ0v) is 29.8. The molecule has 0 saturated carbocycles. The van der Waals surface area contributed by atoms with Crippen molar-refractivity contribution in [2.45, 2.75) is 50.8 Å². The number of aromatic nitrogens is 2. The summed E-state index contributed by atoms with van der Waals surface area (Å²) in [5, 5.41) is 17.8. The SMILES string of the molecule is Cn1cnc(C[C@H](NC(=O)OCc2ccccc2)C(=O)N[C@@H](Cc2ccc(OCc3ccccc3)cc2)C(=O)N[C@@H](COCc2ccccc2)C(=O)O)c1. The summed E-state index contributed by atoms with van der Waals surface area (Å²) in [5.41, 5.74) is 3.76. The van der Waals surface area contributed by atoms with Crippen LogP contribution in [0.15, 0.2) is 128 Å². The van der Waals surface area contributed by atoms with Gasteiger partial charge in [0.05, 0.1) is 25.2 Å². The lowest BCUT2D eigenvalue weighted by molar-refractivity contribution is -0.144. The van der Waals surface area contributed by atoms with Gasteiger partial charge in [0.1, 0.15) is 31.0 Å². The molecule has 0 aliphatic carbocycles. The Balaban J connectivity index is 1.30. The molecule has 0 saturated heterocycles. The molecular formula is C41H43N5O8. The van der Waals surface area contributed by atoms with Gasteiger partial charge in [-0.05, 0) is 34.4 Å². The Kier molecular flexibility index (Phi) is 14.3. The molecule has 13 heteroatoms. The Morgan fingerprint density at radius 2 is 1.19 bits per heavy atom. The van der Waals surface area contributed by atoms with Crippen LogP contribution in [-0.4, -0.2) is 63.3 Å². The molecule has 0 bridgehead atoms. The number of carbonyl (C=O) groups is 4. The molecule has 280 valence electrons. The third kappa shape index (κ3) is 12.6. The van der Waals surface area contributed by atoms with E-state index in [4.69, 9.17) is 14.2 Å². The number of amides is 3. The van der Waals surface area contributed by atoms with Crippen LogP contribution in [0.1, 0.15) is 27.9 Å². The van der Waals surface area contributed by atoms with E-state index in [0.29, 0.717) is 23.6 Å². The van der Waals surface area contributed by atoms with E-state index >= 15 is 0 Å². The van der Waals surface area contributed by atoms with Crippen LogP contribution in [0, 0.1) is 0 Å². The van der Waals surface area contributed by atoms with Gasteiger partial charge in [-0.1, -0.05) is 103 Å². The van der Waals surface area contributed by atoms with Gasteiger partial charge in [0.15, 0.2) is 6.04 Å². The number of carboxylic acid groups (broad SMARTS) is 1. The third-order valence-electron chi connectivity index (χ3n) is 8.25. The second-order valence-corrected chi connectivity index (χ2v) is 12.6. The number of hydrogen-bond donors (Lipinski definition) is 4. The summed E-state index contributed by atoms with van der Waals surface area (Å²) in [6.07, 6.45) is 2.40. The molecule has 5 rings (SSSR count). The average Bonchev–Trinajstić information content (AvgIpc) is 3.61. The fourth-order valence-corrected chi connectivity index (χ4v) is 5.39. The summed E-state index contributed by atoms with van der Waals surface area (Å²) < 4.78 is 18.6. The average molecular weight is 734 g/mol. The van der Waals surface area contributed by atoms with Crippen LogP contribution in [0.5, 0.6) is 5.75 Å². The molecule has 0 unspecified atom stereocenters. The first-order chi connectivity index (χ1) is 26.2. The number of hydrogen-bond acceptors (Lipinski definition) is 8. The van der Waals surface area contributed by atoms with Crippen molar-refractivity contribution in [3.05, 3.63) is 156 Å². The van der Waals surface area contributed by atoms with Crippen LogP contribution < -0.4 is 20.7 Å². The molecule has 4 N–H and O–H groups in total. The molecule has 3 atom stereocenters. The Hall–Kier alpha value is -6.47. The van der Waals surface area contributed by atoms with Crippen LogP contribution in [0.3, 0.4) is 0 Å². The number of aliphatic carboxylic acids is 1. The molecule has 0 spiro atoms. The van der Waals surface area contributed by atoms with Crippen molar-refractivity contribution >= 4 is 23.9 Å². The summed E-state index contributed by atoms with van der Waals surface area (Å²) in [4.78, 5) is 57.2. The van der Waals surface area contributed by atoms with Gasteiger partial charge in [-0.15, -0.1) is 0 Å². The van der Waals surface area contributed by atoms with Gasteiger partial charge < -0.3 is 39.8 Å². The fraction of sp³-hybridized carbons (Fsp3) is 0.244. The largest absolute Gasteiger partial charge is 0.489 e. The van der Waals surface area contributed by atoms with E-state index in [1.165, 1.54) is 0 Å². The zero-order valence-electron chi connectivity index (χ0n) is 29.8. The predicted molar refractivity (Wildman–Crippen MR) is 199 cm³/mol. The van der Waals surface area contributed by atoms with E-state index in [1.54, 1.807) is 60.5 Å². The molecule has 1 aromatic heterocycles. The Bertz CT molecular complexity index is 1940. The molecule has 0 aliphatic rings. The van der Waals surface area contributed by atoms with Crippen LogP contribution >= 0.6 is 0 Å². The number of ether oxygens (including phenoxy) is 3. The fourth-order valence-electron chi connectivity index (χ4n) is 5.39. The van der Waals surface area contributed by atoms with Crippen molar-refractivity contribution in [2.75, 3.05) is 6.61 Å². The van der Waals surface area contributed by atoms with Gasteiger partial charge >= 0.3 is 12.1 Å². The lowest BCUT2D eigenvalue weighted by atomic mass is 10.0. The summed E-state index contributed by atoms with van der Waals surface area (Å²) in [7, 11) is 1.77. The van der Waals surface area contributed by atoms with Gasteiger partial charge in [-0.2, -0.15) is 0 Å². The highest BCUT2D eigenvalue weighted by molar-refractivity contribution is 5.93. The standard InChI is InChI=1S/C41H43N5O8/c1-46-23-33(42-28-46)22-36(45-41(51)54-26-32-15-9-4-10-16-32)39(48)43-35(21-29-17-19-34(20-18-29)53-25-31-13-7-3-8-14-31)38(47)44-37(40(49)50)27-52-24-30-11-5-2-6-12-30/h2-20,23,28,35-37H,21-22,24-27H2,1H3,(H,43,48)(H,44,47)(H,45,51)(H,49,50)/t35-,36-,37-/m0/s1. The van der Waals surface area contributed by atoms with Crippen molar-refractivity contribution in [2.24, 2.45) is 7.05 Å². The maximum Gasteiger partial charge on any atom is 0.408 e. The maximum atomic E-state index is 13.9. The number of carboxylic acids is 1. The molecule has 0 fully saturated rings. The topological polar surface area (TPSA) is 170 Å². The zero-order chi connectivity index (χ0) is 38.1. The van der Waals surface area contributed by atoms with Crippen molar-refractivity contribution in [1.29, 1.82) is 0 Å². The third-order valence-corrected chi connectivity index (χ3v) is 8.25. The van der Waals surface area contributed by atoms with E-state index in [2.05, 4.69) is 20.9 Å². The highest BCUT2D eigenvalue weighted by atomic mass is 16.5. The molecule has 13 nitrogen and oxygen atoms in total. The number of aryl methyl sites for hydroxylation is 1. The monoisotopic (exact) mass is 733 g/mol. The number of carbonyl (C=O) groups excluding carboxylic acids is 3. The van der Waals surface area contributed by atoms with Gasteiger partial charge in [0, 0.05) is 26.1 Å². The lowest BCUT2D eigenvalue weighted by Crippen LogP contribution is -2.57. The minimum absolute atomic E-state index is 0.0114. The van der Waals surface area contributed by atoms with Gasteiger partial charge in [0.25, 0.3) is 0 Å². The summed E-state index contributed by atoms with van der Waals surface area (Å²) in [5.74, 6) is -2.17. The number of imidazole rings is 1. The second-order valence-electron chi connectivity index (χ2n) is 12.6. The number of alkyl carbamates (subject to hydrolysis) is 1. The number of benzene rings is 4. The molecule has 0 radical (unpaired) electrons. The molecule has 3 amide bonds. The Morgan fingerprint density at radius 1 is 0.648 bits per heavy atom. The molecule has 1 heterocycles. The number of nitrogens with one attached hydrogen (secondary N) is 3. The van der Waals surface area contributed by atoms with Crippen molar-refractivity contribution < 1.29 is 38.5 Å². The second kappa shape index (κ2) is 20.0. The Morgan fingerprint density at radius 3 is 1.74 bits per heavy atom. The van der Waals surface area contributed by atoms with Crippen LogP contribution in [0.2, 0.25) is 0 Å². The molecule has 5 aromatic rings. The van der Waals surface area contributed by atoms with E-state index in [1.807, 2.05) is 78.9 Å². The van der Waals surface area contributed by atoms with Crippen LogP contribution in [0.25, 0.3) is 0 Å². The molecule has 4 aromatic carbocycles. The molecular weight excluding hydrogens is 690 g/mol. The van der Waals surface area contributed by atoms with Crippen LogP contribution in [-0.2, 0) is 63.6 Å². The normalized spacial score (nSPS) is 12.5. The van der Waals surface area contributed by atoms with Crippen LogP contribution in [0.4, 0.5) is 4.79 Å². The quantitative estimate of drug-likeness (QED) is 0.0964. The van der Waals surface area contributed by atoms with E-state index in [-0.39, 0.29) is 32.7 Å². The first-order valence-electron chi connectivity index (χ1n) is 17.4. The van der Waals surface area contributed by atoms with Crippen molar-refractivity contribution in [1.82, 2.24) is 25.5 Å². The van der Waals surface area contributed by atoms with Gasteiger partial charge in [0.2, 0.25) is 11.8 Å². The van der Waals surface area contributed by atoms with E-state index < -0.39 is 42.0 Å². The number of rotatable bonds is 19. The smallest absolute Gasteiger partial charge is 0.408 e. The molecule has 0 aliphatic heterocycles.